The maximum Gasteiger partial charge on any atom is 0.336 e. The average Bonchev–Trinajstić information content (AvgIpc) is 3.44. The summed E-state index contributed by atoms with van der Waals surface area (Å²) in [5, 5.41) is 17.3. The Balaban J connectivity index is 1.89. The Kier molecular flexibility index (Phi) is 8.53. The first-order chi connectivity index (χ1) is 19.2. The summed E-state index contributed by atoms with van der Waals surface area (Å²) in [4.78, 5) is 42.9. The summed E-state index contributed by atoms with van der Waals surface area (Å²) in [7, 11) is 1.37. The first kappa shape index (κ1) is 28.8. The van der Waals surface area contributed by atoms with Gasteiger partial charge in [-0.3, -0.25) is 14.9 Å². The fourth-order valence-corrected chi connectivity index (χ4v) is 6.19. The second-order valence-electron chi connectivity index (χ2n) is 9.39. The highest BCUT2D eigenvalue weighted by Gasteiger charge is 2.54. The Morgan fingerprint density at radius 3 is 2.45 bits per heavy atom. The Bertz CT molecular complexity index is 1450. The van der Waals surface area contributed by atoms with E-state index in [0.717, 1.165) is 5.56 Å². The first-order valence-corrected chi connectivity index (χ1v) is 13.7. The van der Waals surface area contributed by atoms with Crippen molar-refractivity contribution in [3.05, 3.63) is 85.9 Å². The Morgan fingerprint density at radius 1 is 1.12 bits per heavy atom. The lowest BCUT2D eigenvalue weighted by Gasteiger charge is -2.45. The minimum absolute atomic E-state index is 0.144. The second kappa shape index (κ2) is 11.9. The van der Waals surface area contributed by atoms with Gasteiger partial charge in [-0.15, -0.1) is 11.3 Å². The topological polar surface area (TPSA) is 130 Å². The quantitative estimate of drug-likeness (QED) is 0.207. The number of rotatable bonds is 9. The number of aromatic nitrogens is 1. The van der Waals surface area contributed by atoms with Gasteiger partial charge in [-0.1, -0.05) is 30.3 Å². The molecule has 2 heterocycles. The molecule has 0 amide bonds. The van der Waals surface area contributed by atoms with Crippen molar-refractivity contribution in [3.63, 3.8) is 0 Å². The van der Waals surface area contributed by atoms with E-state index >= 15 is 0 Å². The summed E-state index contributed by atoms with van der Waals surface area (Å²) in [6.45, 7) is 7.44. The minimum Gasteiger partial charge on any atom is -0.490 e. The molecule has 0 saturated carbocycles. The average molecular weight is 566 g/mol. The lowest BCUT2D eigenvalue weighted by atomic mass is 9.67. The van der Waals surface area contributed by atoms with E-state index in [9.17, 15) is 19.7 Å². The Labute approximate surface area is 236 Å². The van der Waals surface area contributed by atoms with Gasteiger partial charge in [0.1, 0.15) is 10.5 Å². The number of carbonyl (C=O) groups is 2. The third-order valence-corrected chi connectivity index (χ3v) is 8.01. The molecule has 0 bridgehead atoms. The number of nitro groups is 1. The van der Waals surface area contributed by atoms with Crippen molar-refractivity contribution in [2.24, 2.45) is 5.92 Å². The zero-order valence-electron chi connectivity index (χ0n) is 22.9. The number of nitrogens with one attached hydrogen (secondary N) is 1. The van der Waals surface area contributed by atoms with Crippen LogP contribution in [0.3, 0.4) is 0 Å². The number of esters is 2. The largest absolute Gasteiger partial charge is 0.490 e. The number of hydrogen-bond donors (Lipinski definition) is 1. The summed E-state index contributed by atoms with van der Waals surface area (Å²) in [6, 6.07) is 14.0. The number of nitrogens with zero attached hydrogens (tertiary/aromatic N) is 2. The van der Waals surface area contributed by atoms with Crippen LogP contribution in [0.1, 0.15) is 44.2 Å². The highest BCUT2D eigenvalue weighted by molar-refractivity contribution is 7.10. The number of nitro benzene ring substituents is 1. The predicted molar refractivity (Wildman–Crippen MR) is 150 cm³/mol. The van der Waals surface area contributed by atoms with Crippen molar-refractivity contribution >= 4 is 29.0 Å². The van der Waals surface area contributed by atoms with Crippen LogP contribution in [0, 0.1) is 16.0 Å². The van der Waals surface area contributed by atoms with Crippen molar-refractivity contribution in [3.8, 4) is 17.0 Å². The monoisotopic (exact) mass is 565 g/mol. The van der Waals surface area contributed by atoms with Crippen molar-refractivity contribution in [2.45, 2.75) is 39.2 Å². The lowest BCUT2D eigenvalue weighted by molar-refractivity contribution is -0.385. The first-order valence-electron chi connectivity index (χ1n) is 12.8. The Hall–Kier alpha value is -4.25. The summed E-state index contributed by atoms with van der Waals surface area (Å²) in [5.41, 5.74) is 1.44. The van der Waals surface area contributed by atoms with Crippen LogP contribution in [-0.2, 0) is 24.6 Å². The van der Waals surface area contributed by atoms with Crippen LogP contribution in [0.4, 0.5) is 5.69 Å². The van der Waals surface area contributed by atoms with Crippen LogP contribution in [-0.4, -0.2) is 42.2 Å². The van der Waals surface area contributed by atoms with Gasteiger partial charge in [-0.2, -0.15) is 0 Å². The van der Waals surface area contributed by atoms with Gasteiger partial charge in [0, 0.05) is 28.6 Å². The molecule has 11 heteroatoms. The molecule has 4 rings (SSSR count). The van der Waals surface area contributed by atoms with E-state index < -0.39 is 34.2 Å². The molecule has 1 N–H and O–H groups in total. The van der Waals surface area contributed by atoms with E-state index in [1.165, 1.54) is 30.6 Å². The molecule has 0 saturated heterocycles. The van der Waals surface area contributed by atoms with E-state index in [-0.39, 0.29) is 24.7 Å². The molecule has 3 aromatic rings. The molecule has 3 unspecified atom stereocenters. The third-order valence-electron chi connectivity index (χ3n) is 6.93. The molecule has 210 valence electrons. The molecule has 3 atom stereocenters. The second-order valence-corrected chi connectivity index (χ2v) is 10.2. The van der Waals surface area contributed by atoms with Crippen LogP contribution >= 0.6 is 11.3 Å². The zero-order chi connectivity index (χ0) is 29.0. The molecule has 10 nitrogen and oxygen atoms in total. The summed E-state index contributed by atoms with van der Waals surface area (Å²) in [6.07, 6.45) is 0. The number of allylic oxidation sites excluding steroid dienone is 1. The molecular weight excluding hydrogens is 534 g/mol. The molecule has 0 spiro atoms. The molecule has 0 aliphatic carbocycles. The van der Waals surface area contributed by atoms with Crippen LogP contribution in [0.15, 0.2) is 65.2 Å². The number of benzene rings is 2. The van der Waals surface area contributed by atoms with E-state index in [0.29, 0.717) is 27.5 Å². The molecule has 0 fully saturated rings. The maximum atomic E-state index is 13.7. The van der Waals surface area contributed by atoms with Gasteiger partial charge < -0.3 is 19.5 Å². The molecule has 2 aromatic carbocycles. The van der Waals surface area contributed by atoms with E-state index in [1.54, 1.807) is 32.2 Å². The van der Waals surface area contributed by atoms with Crippen LogP contribution in [0.2, 0.25) is 0 Å². The molecule has 1 aliphatic heterocycles. The number of thiazole rings is 1. The van der Waals surface area contributed by atoms with Crippen LogP contribution in [0.5, 0.6) is 5.75 Å². The zero-order valence-corrected chi connectivity index (χ0v) is 23.7. The number of ether oxygens (including phenoxy) is 3. The van der Waals surface area contributed by atoms with Crippen LogP contribution in [0.25, 0.3) is 11.3 Å². The van der Waals surface area contributed by atoms with Gasteiger partial charge in [-0.05, 0) is 45.4 Å². The number of hydrogen-bond acceptors (Lipinski definition) is 10. The van der Waals surface area contributed by atoms with Gasteiger partial charge in [-0.25, -0.2) is 9.78 Å². The number of carbonyl (C=O) groups excluding carboxylic acids is 2. The summed E-state index contributed by atoms with van der Waals surface area (Å²) >= 11 is 1.31. The summed E-state index contributed by atoms with van der Waals surface area (Å²) in [5.74, 6) is -2.42. The molecule has 1 aliphatic rings. The molecular formula is C29H31N3O7S. The SMILES string of the molecule is CCOC(=O)C1=C(C)NC(C)(c2nc(-c3ccc(OC)c([N+](=O)[O-])c3)cs2)C(C(=O)OCC)C1c1ccccc1. The standard InChI is InChI=1S/C29H31N3O7S/c1-6-38-26(33)23-17(3)31-29(4,25(27(34)39-7-2)24(23)18-11-9-8-10-12-18)28-30-20(16-40-28)19-13-14-22(37-5)21(15-19)32(35)36/h8-16,24-25,31H,6-7H2,1-5H3. The molecule has 0 radical (unpaired) electrons. The smallest absolute Gasteiger partial charge is 0.336 e. The fraction of sp³-hybridized carbons (Fsp3) is 0.345. The lowest BCUT2D eigenvalue weighted by Crippen LogP contribution is -2.55. The van der Waals surface area contributed by atoms with E-state index in [1.807, 2.05) is 37.3 Å². The van der Waals surface area contributed by atoms with Gasteiger partial charge in [0.2, 0.25) is 0 Å². The van der Waals surface area contributed by atoms with Crippen LogP contribution < -0.4 is 10.1 Å². The fourth-order valence-electron chi connectivity index (χ4n) is 5.20. The highest BCUT2D eigenvalue weighted by Crippen LogP contribution is 2.49. The van der Waals surface area contributed by atoms with Gasteiger partial charge in [0.25, 0.3) is 0 Å². The van der Waals surface area contributed by atoms with Crippen molar-refractivity contribution in [1.29, 1.82) is 0 Å². The third kappa shape index (κ3) is 5.29. The van der Waals surface area contributed by atoms with Crippen molar-refractivity contribution in [2.75, 3.05) is 20.3 Å². The summed E-state index contributed by atoms with van der Waals surface area (Å²) < 4.78 is 16.1. The van der Waals surface area contributed by atoms with Crippen molar-refractivity contribution in [1.82, 2.24) is 10.3 Å². The van der Waals surface area contributed by atoms with E-state index in [4.69, 9.17) is 19.2 Å². The van der Waals surface area contributed by atoms with Gasteiger partial charge >= 0.3 is 17.6 Å². The predicted octanol–water partition coefficient (Wildman–Crippen LogP) is 5.35. The Morgan fingerprint density at radius 2 is 1.82 bits per heavy atom. The van der Waals surface area contributed by atoms with Gasteiger partial charge in [0.15, 0.2) is 5.75 Å². The number of methoxy groups -OCH3 is 1. The minimum atomic E-state index is -1.09. The normalized spacial score (nSPS) is 20.4. The van der Waals surface area contributed by atoms with Crippen molar-refractivity contribution < 1.29 is 28.7 Å². The molecule has 1 aromatic heterocycles. The maximum absolute atomic E-state index is 13.7. The highest BCUT2D eigenvalue weighted by atomic mass is 32.1. The van der Waals surface area contributed by atoms with E-state index in [2.05, 4.69) is 5.32 Å². The van der Waals surface area contributed by atoms with Gasteiger partial charge in [0.05, 0.1) is 42.4 Å². The molecule has 40 heavy (non-hydrogen) atoms.